The zero-order chi connectivity index (χ0) is 12.4. The fourth-order valence-corrected chi connectivity index (χ4v) is 1.90. The van der Waals surface area contributed by atoms with E-state index in [1.807, 2.05) is 18.2 Å². The lowest BCUT2D eigenvalue weighted by Gasteiger charge is -2.08. The van der Waals surface area contributed by atoms with Crippen LogP contribution < -0.4 is 10.5 Å². The number of nitrogens with two attached hydrogens (primary N) is 1. The number of carbonyl (C=O) groups is 1. The van der Waals surface area contributed by atoms with Gasteiger partial charge >= 0.3 is 5.97 Å². The van der Waals surface area contributed by atoms with Crippen molar-refractivity contribution in [2.24, 2.45) is 5.73 Å². The summed E-state index contributed by atoms with van der Waals surface area (Å²) in [7, 11) is 1.57. The van der Waals surface area contributed by atoms with Gasteiger partial charge in [0.25, 0.3) is 0 Å². The number of H-pyrrole nitrogens is 1. The van der Waals surface area contributed by atoms with E-state index in [2.05, 4.69) is 4.98 Å². The van der Waals surface area contributed by atoms with E-state index in [1.165, 1.54) is 0 Å². The van der Waals surface area contributed by atoms with Gasteiger partial charge in [-0.25, -0.2) is 0 Å². The van der Waals surface area contributed by atoms with Crippen LogP contribution in [-0.4, -0.2) is 29.7 Å². The zero-order valence-corrected chi connectivity index (χ0v) is 10.7. The molecule has 1 aromatic heterocycles. The number of aliphatic carboxylic acids is 1. The van der Waals surface area contributed by atoms with Gasteiger partial charge in [0.05, 0.1) is 13.0 Å². The van der Waals surface area contributed by atoms with Crippen molar-refractivity contribution >= 4 is 29.3 Å². The fourth-order valence-electron chi connectivity index (χ4n) is 1.90. The molecule has 2 aromatic rings. The number of halogens is 1. The van der Waals surface area contributed by atoms with E-state index in [9.17, 15) is 4.79 Å². The molecule has 1 heterocycles. The number of aromatic amines is 1. The number of hydrogen-bond acceptors (Lipinski definition) is 3. The Morgan fingerprint density at radius 1 is 1.56 bits per heavy atom. The molecule has 0 aliphatic heterocycles. The lowest BCUT2D eigenvalue weighted by molar-refractivity contribution is -0.138. The summed E-state index contributed by atoms with van der Waals surface area (Å²) in [5.74, 6) is -0.924. The van der Waals surface area contributed by atoms with Crippen molar-refractivity contribution in [1.82, 2.24) is 4.98 Å². The smallest absolute Gasteiger partial charge is 0.312 e. The number of carboxylic acid groups (broad SMARTS) is 1. The SMILES string of the molecule is COc1ccc2[nH]cc(C(CN)C(=O)O)c2c1.Cl. The van der Waals surface area contributed by atoms with E-state index < -0.39 is 11.9 Å². The third-order valence-corrected chi connectivity index (χ3v) is 2.83. The molecule has 0 radical (unpaired) electrons. The Kier molecular flexibility index (Phi) is 4.58. The maximum Gasteiger partial charge on any atom is 0.312 e. The Labute approximate surface area is 110 Å². The summed E-state index contributed by atoms with van der Waals surface area (Å²) in [5.41, 5.74) is 7.06. The second-order valence-corrected chi connectivity index (χ2v) is 3.78. The van der Waals surface area contributed by atoms with Crippen LogP contribution in [0.2, 0.25) is 0 Å². The normalized spacial score (nSPS) is 11.9. The summed E-state index contributed by atoms with van der Waals surface area (Å²) in [6.07, 6.45) is 1.69. The molecule has 0 aliphatic carbocycles. The Morgan fingerprint density at radius 3 is 2.83 bits per heavy atom. The maximum atomic E-state index is 11.1. The summed E-state index contributed by atoms with van der Waals surface area (Å²) in [6, 6.07) is 5.49. The molecule has 98 valence electrons. The summed E-state index contributed by atoms with van der Waals surface area (Å²) in [4.78, 5) is 14.1. The number of aromatic nitrogens is 1. The van der Waals surface area contributed by atoms with Crippen LogP contribution in [-0.2, 0) is 4.79 Å². The van der Waals surface area contributed by atoms with E-state index in [-0.39, 0.29) is 19.0 Å². The Morgan fingerprint density at radius 2 is 2.28 bits per heavy atom. The second kappa shape index (κ2) is 5.75. The Bertz CT molecular complexity index is 553. The van der Waals surface area contributed by atoms with Crippen molar-refractivity contribution in [3.05, 3.63) is 30.0 Å². The number of hydrogen-bond donors (Lipinski definition) is 3. The Hall–Kier alpha value is -1.72. The number of rotatable bonds is 4. The first-order chi connectivity index (χ1) is 8.17. The molecule has 2 rings (SSSR count). The molecule has 1 unspecified atom stereocenters. The van der Waals surface area contributed by atoms with E-state index in [4.69, 9.17) is 15.6 Å². The molecular weight excluding hydrogens is 256 g/mol. The minimum atomic E-state index is -0.920. The van der Waals surface area contributed by atoms with Gasteiger partial charge in [-0.3, -0.25) is 4.79 Å². The first-order valence-electron chi connectivity index (χ1n) is 5.25. The highest BCUT2D eigenvalue weighted by Crippen LogP contribution is 2.28. The van der Waals surface area contributed by atoms with Crippen LogP contribution in [0.1, 0.15) is 11.5 Å². The third kappa shape index (κ3) is 2.42. The topological polar surface area (TPSA) is 88.3 Å². The first-order valence-corrected chi connectivity index (χ1v) is 5.25. The van der Waals surface area contributed by atoms with Gasteiger partial charge in [-0.2, -0.15) is 0 Å². The van der Waals surface area contributed by atoms with Gasteiger partial charge in [-0.05, 0) is 23.8 Å². The van der Waals surface area contributed by atoms with Crippen LogP contribution >= 0.6 is 12.4 Å². The fraction of sp³-hybridized carbons (Fsp3) is 0.250. The van der Waals surface area contributed by atoms with Crippen molar-refractivity contribution in [3.63, 3.8) is 0 Å². The molecule has 0 spiro atoms. The minimum absolute atomic E-state index is 0. The molecule has 0 fully saturated rings. The molecule has 18 heavy (non-hydrogen) atoms. The number of nitrogens with one attached hydrogen (secondary N) is 1. The largest absolute Gasteiger partial charge is 0.497 e. The zero-order valence-electron chi connectivity index (χ0n) is 9.84. The van der Waals surface area contributed by atoms with Crippen molar-refractivity contribution in [2.75, 3.05) is 13.7 Å². The van der Waals surface area contributed by atoms with Gasteiger partial charge in [-0.15, -0.1) is 12.4 Å². The maximum absolute atomic E-state index is 11.1. The molecule has 4 N–H and O–H groups in total. The summed E-state index contributed by atoms with van der Waals surface area (Å²) in [6.45, 7) is 0.0689. The number of methoxy groups -OCH3 is 1. The number of carboxylic acids is 1. The number of ether oxygens (including phenoxy) is 1. The van der Waals surface area contributed by atoms with Crippen LogP contribution in [0.3, 0.4) is 0 Å². The van der Waals surface area contributed by atoms with Gasteiger partial charge in [-0.1, -0.05) is 0 Å². The number of benzene rings is 1. The minimum Gasteiger partial charge on any atom is -0.497 e. The summed E-state index contributed by atoms with van der Waals surface area (Å²) >= 11 is 0. The molecule has 5 nitrogen and oxygen atoms in total. The highest BCUT2D eigenvalue weighted by molar-refractivity contribution is 5.90. The van der Waals surface area contributed by atoms with E-state index in [1.54, 1.807) is 13.3 Å². The van der Waals surface area contributed by atoms with Crippen molar-refractivity contribution < 1.29 is 14.6 Å². The number of fused-ring (bicyclic) bond motifs is 1. The van der Waals surface area contributed by atoms with Gasteiger partial charge in [0.1, 0.15) is 5.75 Å². The summed E-state index contributed by atoms with van der Waals surface area (Å²) < 4.78 is 5.13. The monoisotopic (exact) mass is 270 g/mol. The lowest BCUT2D eigenvalue weighted by Crippen LogP contribution is -2.20. The van der Waals surface area contributed by atoms with Crippen molar-refractivity contribution in [2.45, 2.75) is 5.92 Å². The predicted octanol–water partition coefficient (Wildman–Crippen LogP) is 1.73. The van der Waals surface area contributed by atoms with Crippen LogP contribution in [0.4, 0.5) is 0 Å². The predicted molar refractivity (Wildman–Crippen MR) is 71.5 cm³/mol. The summed E-state index contributed by atoms with van der Waals surface area (Å²) in [5, 5.41) is 9.94. The van der Waals surface area contributed by atoms with E-state index in [0.29, 0.717) is 11.3 Å². The second-order valence-electron chi connectivity index (χ2n) is 3.78. The van der Waals surface area contributed by atoms with Gasteiger partial charge in [0.2, 0.25) is 0 Å². The highest BCUT2D eigenvalue weighted by atomic mass is 35.5. The molecule has 0 aliphatic rings. The third-order valence-electron chi connectivity index (χ3n) is 2.83. The molecule has 1 atom stereocenters. The van der Waals surface area contributed by atoms with Gasteiger partial charge in [0.15, 0.2) is 0 Å². The van der Waals surface area contributed by atoms with Crippen LogP contribution in [0, 0.1) is 0 Å². The van der Waals surface area contributed by atoms with Gasteiger partial charge < -0.3 is 20.6 Å². The molecule has 1 aromatic carbocycles. The van der Waals surface area contributed by atoms with Crippen LogP contribution in [0.25, 0.3) is 10.9 Å². The quantitative estimate of drug-likeness (QED) is 0.789. The lowest BCUT2D eigenvalue weighted by atomic mass is 9.99. The molecule has 6 heteroatoms. The average Bonchev–Trinajstić information content (AvgIpc) is 2.73. The van der Waals surface area contributed by atoms with E-state index >= 15 is 0 Å². The van der Waals surface area contributed by atoms with Crippen molar-refractivity contribution in [1.29, 1.82) is 0 Å². The van der Waals surface area contributed by atoms with Crippen molar-refractivity contribution in [3.8, 4) is 5.75 Å². The first kappa shape index (κ1) is 14.3. The molecular formula is C12H15ClN2O3. The molecule has 0 bridgehead atoms. The highest BCUT2D eigenvalue weighted by Gasteiger charge is 2.21. The van der Waals surface area contributed by atoms with Gasteiger partial charge in [0, 0.05) is 23.6 Å². The van der Waals surface area contributed by atoms with Crippen LogP contribution in [0.5, 0.6) is 5.75 Å². The Balaban J connectivity index is 0.00000162. The van der Waals surface area contributed by atoms with Crippen LogP contribution in [0.15, 0.2) is 24.4 Å². The van der Waals surface area contributed by atoms with E-state index in [0.717, 1.165) is 10.9 Å². The average molecular weight is 271 g/mol. The molecule has 0 saturated carbocycles. The molecule has 0 amide bonds. The standard InChI is InChI=1S/C12H14N2O3.ClH/c1-17-7-2-3-11-8(4-7)10(6-14-11)9(5-13)12(15)16;/h2-4,6,9,14H,5,13H2,1H3,(H,15,16);1H. The molecule has 0 saturated heterocycles.